The molecule has 0 bridgehead atoms. The second kappa shape index (κ2) is 3.32. The van der Waals surface area contributed by atoms with Gasteiger partial charge in [-0.25, -0.2) is 0 Å². The zero-order chi connectivity index (χ0) is 8.43. The lowest BCUT2D eigenvalue weighted by molar-refractivity contribution is -0.0728. The average Bonchev–Trinajstić information content (AvgIpc) is 2.01. The lowest BCUT2D eigenvalue weighted by Crippen LogP contribution is -2.44. The summed E-state index contributed by atoms with van der Waals surface area (Å²) < 4.78 is 0. The number of hydrogen-bond donors (Lipinski definition) is 4. The molecule has 0 saturated carbocycles. The van der Waals surface area contributed by atoms with E-state index in [1.165, 1.54) is 12.2 Å². The van der Waals surface area contributed by atoms with Gasteiger partial charge in [0.1, 0.15) is 12.2 Å². The zero-order valence-electron chi connectivity index (χ0n) is 5.96. The Hall–Kier alpha value is -0.420. The summed E-state index contributed by atoms with van der Waals surface area (Å²) >= 11 is 0. The fraction of sp³-hybridized carbons (Fsp3) is 0.714. The smallest absolute Gasteiger partial charge is 0.110 e. The third kappa shape index (κ3) is 1.59. The van der Waals surface area contributed by atoms with E-state index in [2.05, 4.69) is 0 Å². The van der Waals surface area contributed by atoms with Crippen molar-refractivity contribution in [2.45, 2.75) is 18.3 Å². The van der Waals surface area contributed by atoms with Crippen LogP contribution in [-0.2, 0) is 0 Å². The van der Waals surface area contributed by atoms with Gasteiger partial charge in [0.2, 0.25) is 0 Å². The molecule has 4 heteroatoms. The molecule has 0 amide bonds. The molecule has 0 aromatic carbocycles. The van der Waals surface area contributed by atoms with E-state index < -0.39 is 24.2 Å². The summed E-state index contributed by atoms with van der Waals surface area (Å²) in [5.41, 5.74) is 0. The van der Waals surface area contributed by atoms with E-state index in [4.69, 9.17) is 15.3 Å². The van der Waals surface area contributed by atoms with Gasteiger partial charge in [-0.05, 0) is 0 Å². The predicted octanol–water partition coefficient (Wildman–Crippen LogP) is -1.75. The standard InChI is InChI=1S/C7H12O4/c8-3-4-1-2-5(9)7(11)6(4)10/h1-2,4-11H,3H2/t4-,5+,6-,7-/m1/s1. The van der Waals surface area contributed by atoms with Gasteiger partial charge in [-0.15, -0.1) is 0 Å². The van der Waals surface area contributed by atoms with Gasteiger partial charge in [0, 0.05) is 5.92 Å². The molecule has 1 aliphatic rings. The molecular formula is C7H12O4. The van der Waals surface area contributed by atoms with Crippen LogP contribution in [0.2, 0.25) is 0 Å². The van der Waals surface area contributed by atoms with Crippen molar-refractivity contribution in [3.05, 3.63) is 12.2 Å². The van der Waals surface area contributed by atoms with Gasteiger partial charge < -0.3 is 20.4 Å². The quantitative estimate of drug-likeness (QED) is 0.343. The van der Waals surface area contributed by atoms with E-state index in [0.29, 0.717) is 0 Å². The van der Waals surface area contributed by atoms with Crippen LogP contribution in [0.25, 0.3) is 0 Å². The maximum absolute atomic E-state index is 9.19. The highest BCUT2D eigenvalue weighted by atomic mass is 16.4. The third-order valence-corrected chi connectivity index (χ3v) is 1.90. The molecule has 0 radical (unpaired) electrons. The fourth-order valence-electron chi connectivity index (χ4n) is 1.11. The van der Waals surface area contributed by atoms with Gasteiger partial charge >= 0.3 is 0 Å². The van der Waals surface area contributed by atoms with Gasteiger partial charge in [0.05, 0.1) is 12.7 Å². The van der Waals surface area contributed by atoms with Crippen molar-refractivity contribution >= 4 is 0 Å². The van der Waals surface area contributed by atoms with Crippen LogP contribution in [0.1, 0.15) is 0 Å². The lowest BCUT2D eigenvalue weighted by Gasteiger charge is -2.29. The molecule has 11 heavy (non-hydrogen) atoms. The zero-order valence-corrected chi connectivity index (χ0v) is 5.96. The van der Waals surface area contributed by atoms with Crippen LogP contribution in [-0.4, -0.2) is 45.3 Å². The molecule has 1 aliphatic carbocycles. The van der Waals surface area contributed by atoms with Crippen LogP contribution in [0.3, 0.4) is 0 Å². The molecule has 4 nitrogen and oxygen atoms in total. The molecule has 4 atom stereocenters. The molecule has 1 rings (SSSR count). The number of aliphatic hydroxyl groups excluding tert-OH is 4. The monoisotopic (exact) mass is 160 g/mol. The van der Waals surface area contributed by atoms with Gasteiger partial charge in [-0.2, -0.15) is 0 Å². The Kier molecular flexibility index (Phi) is 2.62. The molecule has 0 unspecified atom stereocenters. The molecule has 0 heterocycles. The minimum absolute atomic E-state index is 0.221. The molecule has 0 aliphatic heterocycles. The first-order valence-corrected chi connectivity index (χ1v) is 3.50. The molecule has 0 fully saturated rings. The van der Waals surface area contributed by atoms with Crippen molar-refractivity contribution in [3.63, 3.8) is 0 Å². The van der Waals surface area contributed by atoms with Crippen LogP contribution in [0.4, 0.5) is 0 Å². The van der Waals surface area contributed by atoms with Crippen LogP contribution in [0.5, 0.6) is 0 Å². The number of aliphatic hydroxyl groups is 4. The minimum Gasteiger partial charge on any atom is -0.396 e. The lowest BCUT2D eigenvalue weighted by atomic mass is 9.89. The summed E-state index contributed by atoms with van der Waals surface area (Å²) in [6.45, 7) is -0.221. The Morgan fingerprint density at radius 2 is 1.64 bits per heavy atom. The molecule has 0 saturated heterocycles. The number of rotatable bonds is 1. The van der Waals surface area contributed by atoms with Crippen molar-refractivity contribution in [3.8, 4) is 0 Å². The molecule has 64 valence electrons. The Labute approximate surface area is 64.4 Å². The summed E-state index contributed by atoms with van der Waals surface area (Å²) in [4.78, 5) is 0. The molecule has 4 N–H and O–H groups in total. The second-order valence-corrected chi connectivity index (χ2v) is 2.70. The van der Waals surface area contributed by atoms with E-state index in [-0.39, 0.29) is 6.61 Å². The van der Waals surface area contributed by atoms with Gasteiger partial charge in [-0.1, -0.05) is 12.2 Å². The SMILES string of the molecule is OC[C@H]1C=C[C@H](O)[C@@H](O)[C@@H]1O. The summed E-state index contributed by atoms with van der Waals surface area (Å²) in [6.07, 6.45) is -0.398. The highest BCUT2D eigenvalue weighted by Gasteiger charge is 2.31. The summed E-state index contributed by atoms with van der Waals surface area (Å²) in [5.74, 6) is -0.464. The topological polar surface area (TPSA) is 80.9 Å². The fourth-order valence-corrected chi connectivity index (χ4v) is 1.11. The largest absolute Gasteiger partial charge is 0.396 e. The summed E-state index contributed by atoms with van der Waals surface area (Å²) in [6, 6.07) is 0. The maximum Gasteiger partial charge on any atom is 0.110 e. The first-order valence-electron chi connectivity index (χ1n) is 3.50. The van der Waals surface area contributed by atoms with Crippen molar-refractivity contribution in [2.75, 3.05) is 6.61 Å². The summed E-state index contributed by atoms with van der Waals surface area (Å²) in [5, 5.41) is 35.9. The van der Waals surface area contributed by atoms with Gasteiger partial charge in [0.15, 0.2) is 0 Å². The Morgan fingerprint density at radius 3 is 2.18 bits per heavy atom. The highest BCUT2D eigenvalue weighted by Crippen LogP contribution is 2.18. The number of hydrogen-bond acceptors (Lipinski definition) is 4. The average molecular weight is 160 g/mol. The highest BCUT2D eigenvalue weighted by molar-refractivity contribution is 5.06. The van der Waals surface area contributed by atoms with Crippen molar-refractivity contribution in [1.82, 2.24) is 0 Å². The minimum atomic E-state index is -1.18. The predicted molar refractivity (Wildman–Crippen MR) is 37.7 cm³/mol. The normalized spacial score (nSPS) is 44.4. The van der Waals surface area contributed by atoms with E-state index in [1.54, 1.807) is 0 Å². The Balaban J connectivity index is 2.68. The van der Waals surface area contributed by atoms with Crippen molar-refractivity contribution < 1.29 is 20.4 Å². The van der Waals surface area contributed by atoms with E-state index >= 15 is 0 Å². The second-order valence-electron chi connectivity index (χ2n) is 2.70. The van der Waals surface area contributed by atoms with Crippen LogP contribution >= 0.6 is 0 Å². The Morgan fingerprint density at radius 1 is 1.00 bits per heavy atom. The van der Waals surface area contributed by atoms with Crippen LogP contribution < -0.4 is 0 Å². The Bertz CT molecular complexity index is 157. The first-order chi connectivity index (χ1) is 5.16. The van der Waals surface area contributed by atoms with Gasteiger partial charge in [-0.3, -0.25) is 0 Å². The van der Waals surface area contributed by atoms with Crippen molar-refractivity contribution in [1.29, 1.82) is 0 Å². The molecule has 0 spiro atoms. The van der Waals surface area contributed by atoms with Gasteiger partial charge in [0.25, 0.3) is 0 Å². The van der Waals surface area contributed by atoms with Crippen LogP contribution in [0.15, 0.2) is 12.2 Å². The summed E-state index contributed by atoms with van der Waals surface area (Å²) in [7, 11) is 0. The van der Waals surface area contributed by atoms with E-state index in [1.807, 2.05) is 0 Å². The third-order valence-electron chi connectivity index (χ3n) is 1.90. The molecular weight excluding hydrogens is 148 g/mol. The van der Waals surface area contributed by atoms with Crippen LogP contribution in [0, 0.1) is 5.92 Å². The maximum atomic E-state index is 9.19. The molecule has 0 aromatic rings. The first kappa shape index (κ1) is 8.67. The van der Waals surface area contributed by atoms with Crippen molar-refractivity contribution in [2.24, 2.45) is 5.92 Å². The molecule has 0 aromatic heterocycles. The van der Waals surface area contributed by atoms with E-state index in [0.717, 1.165) is 0 Å². The van der Waals surface area contributed by atoms with E-state index in [9.17, 15) is 5.11 Å².